The molecule has 0 amide bonds. The Hall–Kier alpha value is -2.68. The maximum absolute atomic E-state index is 4.45. The summed E-state index contributed by atoms with van der Waals surface area (Å²) in [4.78, 5) is 8.81. The Balaban J connectivity index is 2.41. The second-order valence-corrected chi connectivity index (χ2v) is 6.33. The third-order valence-electron chi connectivity index (χ3n) is 4.35. The summed E-state index contributed by atoms with van der Waals surface area (Å²) in [6, 6.07) is 4.21. The molecular weight excluding hydrogens is 306 g/mol. The van der Waals surface area contributed by atoms with Gasteiger partial charge in [-0.15, -0.1) is 0 Å². The van der Waals surface area contributed by atoms with E-state index in [1.165, 1.54) is 16.7 Å². The van der Waals surface area contributed by atoms with E-state index >= 15 is 0 Å². The Morgan fingerprint density at radius 2 is 2.04 bits per heavy atom. The van der Waals surface area contributed by atoms with Gasteiger partial charge >= 0.3 is 0 Å². The van der Waals surface area contributed by atoms with Gasteiger partial charge in [0.1, 0.15) is 0 Å². The van der Waals surface area contributed by atoms with Crippen LogP contribution >= 0.6 is 0 Å². The number of aromatic nitrogens is 1. The van der Waals surface area contributed by atoms with E-state index in [0.717, 1.165) is 22.7 Å². The van der Waals surface area contributed by atoms with E-state index in [9.17, 15) is 0 Å². The van der Waals surface area contributed by atoms with Gasteiger partial charge in [-0.05, 0) is 64.5 Å². The lowest BCUT2D eigenvalue weighted by Gasteiger charge is -2.25. The zero-order chi connectivity index (χ0) is 18.4. The molecule has 1 heterocycles. The topological polar surface area (TPSA) is 37.3 Å². The van der Waals surface area contributed by atoms with Gasteiger partial charge < -0.3 is 5.32 Å². The van der Waals surface area contributed by atoms with Crippen LogP contribution in [0.4, 0.5) is 0 Å². The van der Waals surface area contributed by atoms with Crippen LogP contribution in [0.5, 0.6) is 0 Å². The summed E-state index contributed by atoms with van der Waals surface area (Å²) in [5.41, 5.74) is 7.85. The number of nitrogens with one attached hydrogen (secondary N) is 1. The molecule has 0 radical (unpaired) electrons. The standard InChI is InChI=1S/C22H27N3/c1-7-16(5)22(19-10-9-13-24-17(19)6)25-18-11-12-21(23-8-2)20(14-18)15(3)4/h7-14,22,25H,2H2,1,3-6H3/b16-7+,23-21-. The minimum Gasteiger partial charge on any atom is -0.374 e. The van der Waals surface area contributed by atoms with E-state index < -0.39 is 0 Å². The van der Waals surface area contributed by atoms with Gasteiger partial charge in [0.25, 0.3) is 0 Å². The van der Waals surface area contributed by atoms with Gasteiger partial charge in [0.05, 0.1) is 11.8 Å². The molecule has 1 aromatic heterocycles. The summed E-state index contributed by atoms with van der Waals surface area (Å²) in [7, 11) is 0. The maximum atomic E-state index is 4.45. The molecule has 0 aromatic carbocycles. The molecule has 1 atom stereocenters. The molecule has 1 unspecified atom stereocenters. The first kappa shape index (κ1) is 18.7. The molecule has 3 heteroatoms. The average Bonchev–Trinajstić information content (AvgIpc) is 2.61. The highest BCUT2D eigenvalue weighted by molar-refractivity contribution is 6.12. The van der Waals surface area contributed by atoms with Crippen LogP contribution < -0.4 is 5.32 Å². The van der Waals surface area contributed by atoms with E-state index in [2.05, 4.69) is 80.8 Å². The van der Waals surface area contributed by atoms with Crippen molar-refractivity contribution in [1.29, 1.82) is 0 Å². The lowest BCUT2D eigenvalue weighted by molar-refractivity contribution is 0.680. The number of nitrogens with zero attached hydrogens (tertiary/aromatic N) is 2. The molecule has 3 nitrogen and oxygen atoms in total. The Kier molecular flexibility index (Phi) is 6.29. The van der Waals surface area contributed by atoms with Crippen LogP contribution in [0.25, 0.3) is 0 Å². The highest BCUT2D eigenvalue weighted by atomic mass is 14.9. The molecule has 0 saturated heterocycles. The van der Waals surface area contributed by atoms with E-state index in [0.29, 0.717) is 0 Å². The van der Waals surface area contributed by atoms with Crippen molar-refractivity contribution in [2.45, 2.75) is 40.7 Å². The lowest BCUT2D eigenvalue weighted by atomic mass is 9.95. The first-order chi connectivity index (χ1) is 12.0. The Bertz CT molecular complexity index is 800. The van der Waals surface area contributed by atoms with Crippen molar-refractivity contribution < 1.29 is 0 Å². The second-order valence-electron chi connectivity index (χ2n) is 6.33. The molecule has 25 heavy (non-hydrogen) atoms. The van der Waals surface area contributed by atoms with Crippen LogP contribution in [0.2, 0.25) is 0 Å². The van der Waals surface area contributed by atoms with Gasteiger partial charge in [0, 0.05) is 29.4 Å². The molecule has 130 valence electrons. The molecule has 1 aromatic rings. The molecule has 0 fully saturated rings. The second kappa shape index (κ2) is 8.43. The predicted octanol–water partition coefficient (Wildman–Crippen LogP) is 5.36. The average molecular weight is 333 g/mol. The fourth-order valence-electron chi connectivity index (χ4n) is 2.81. The first-order valence-electron chi connectivity index (χ1n) is 8.55. The Labute approximate surface area is 151 Å². The first-order valence-corrected chi connectivity index (χ1v) is 8.55. The number of aryl methyl sites for hydroxylation is 1. The molecular formula is C22H27N3. The number of hydrogen-bond donors (Lipinski definition) is 1. The monoisotopic (exact) mass is 333 g/mol. The molecule has 1 aliphatic carbocycles. The lowest BCUT2D eigenvalue weighted by Crippen LogP contribution is -2.24. The summed E-state index contributed by atoms with van der Waals surface area (Å²) >= 11 is 0. The van der Waals surface area contributed by atoms with Crippen molar-refractivity contribution >= 4 is 5.71 Å². The van der Waals surface area contributed by atoms with E-state index in [-0.39, 0.29) is 6.04 Å². The normalized spacial score (nSPS) is 17.3. The van der Waals surface area contributed by atoms with Gasteiger partial charge in [-0.25, -0.2) is 0 Å². The molecule has 2 rings (SSSR count). The molecule has 0 bridgehead atoms. The zero-order valence-electron chi connectivity index (χ0n) is 15.8. The van der Waals surface area contributed by atoms with Crippen LogP contribution in [0.15, 0.2) is 82.8 Å². The van der Waals surface area contributed by atoms with Crippen molar-refractivity contribution in [2.75, 3.05) is 0 Å². The number of rotatable bonds is 5. The Morgan fingerprint density at radius 1 is 1.28 bits per heavy atom. The van der Waals surface area contributed by atoms with Gasteiger partial charge in [0.15, 0.2) is 0 Å². The van der Waals surface area contributed by atoms with Crippen LogP contribution in [-0.2, 0) is 0 Å². The summed E-state index contributed by atoms with van der Waals surface area (Å²) in [6.07, 6.45) is 11.8. The molecule has 0 saturated carbocycles. The van der Waals surface area contributed by atoms with E-state index in [4.69, 9.17) is 0 Å². The minimum absolute atomic E-state index is 0.0888. The molecule has 0 aliphatic heterocycles. The Morgan fingerprint density at radius 3 is 2.64 bits per heavy atom. The quantitative estimate of drug-likeness (QED) is 0.736. The van der Waals surface area contributed by atoms with Gasteiger partial charge in [0.2, 0.25) is 0 Å². The fourth-order valence-corrected chi connectivity index (χ4v) is 2.81. The molecule has 0 spiro atoms. The number of allylic oxidation sites excluding steroid dienone is 6. The minimum atomic E-state index is 0.0888. The van der Waals surface area contributed by atoms with Crippen molar-refractivity contribution in [1.82, 2.24) is 10.3 Å². The van der Waals surface area contributed by atoms with E-state index in [1.807, 2.05) is 18.3 Å². The van der Waals surface area contributed by atoms with Gasteiger partial charge in [-0.1, -0.05) is 29.9 Å². The van der Waals surface area contributed by atoms with Crippen molar-refractivity contribution in [2.24, 2.45) is 4.99 Å². The highest BCUT2D eigenvalue weighted by Gasteiger charge is 2.18. The number of hydrogen-bond acceptors (Lipinski definition) is 3. The van der Waals surface area contributed by atoms with Crippen molar-refractivity contribution in [3.05, 3.63) is 89.1 Å². The number of pyridine rings is 1. The predicted molar refractivity (Wildman–Crippen MR) is 108 cm³/mol. The fraction of sp³-hybridized carbons (Fsp3) is 0.273. The van der Waals surface area contributed by atoms with E-state index in [1.54, 1.807) is 6.20 Å². The summed E-state index contributed by atoms with van der Waals surface area (Å²) in [6.45, 7) is 14.2. The van der Waals surface area contributed by atoms with Crippen LogP contribution in [0.3, 0.4) is 0 Å². The van der Waals surface area contributed by atoms with Crippen molar-refractivity contribution in [3.8, 4) is 0 Å². The molecule has 1 N–H and O–H groups in total. The molecule has 1 aliphatic rings. The van der Waals surface area contributed by atoms with Gasteiger partial charge in [-0.3, -0.25) is 9.98 Å². The van der Waals surface area contributed by atoms with Gasteiger partial charge in [-0.2, -0.15) is 0 Å². The maximum Gasteiger partial charge on any atom is 0.0742 e. The smallest absolute Gasteiger partial charge is 0.0742 e. The summed E-state index contributed by atoms with van der Waals surface area (Å²) in [5.74, 6) is 0. The zero-order valence-corrected chi connectivity index (χ0v) is 15.8. The largest absolute Gasteiger partial charge is 0.374 e. The van der Waals surface area contributed by atoms with Crippen molar-refractivity contribution in [3.63, 3.8) is 0 Å². The SMILES string of the molecule is C=C/N=C1/C=CC(NC(/C(C)=C/C)c2cccnc2C)=CC1=C(C)C. The third-order valence-corrected chi connectivity index (χ3v) is 4.35. The van der Waals surface area contributed by atoms with Crippen LogP contribution in [0, 0.1) is 6.92 Å². The number of aliphatic imine (C=N–C) groups is 1. The highest BCUT2D eigenvalue weighted by Crippen LogP contribution is 2.26. The summed E-state index contributed by atoms with van der Waals surface area (Å²) < 4.78 is 0. The third kappa shape index (κ3) is 4.44. The van der Waals surface area contributed by atoms with Crippen LogP contribution in [-0.4, -0.2) is 10.7 Å². The summed E-state index contributed by atoms with van der Waals surface area (Å²) in [5, 5.41) is 3.66. The van der Waals surface area contributed by atoms with Crippen LogP contribution in [0.1, 0.15) is 45.0 Å².